The van der Waals surface area contributed by atoms with Crippen LogP contribution in [-0.2, 0) is 20.8 Å². The summed E-state index contributed by atoms with van der Waals surface area (Å²) in [5.74, 6) is 0.290. The highest BCUT2D eigenvalue weighted by Crippen LogP contribution is 2.21. The Kier molecular flexibility index (Phi) is 6.82. The van der Waals surface area contributed by atoms with Crippen LogP contribution >= 0.6 is 0 Å². The van der Waals surface area contributed by atoms with Gasteiger partial charge in [-0.3, -0.25) is 14.4 Å². The quantitative estimate of drug-likeness (QED) is 0.755. The monoisotopic (exact) mass is 375 g/mol. The SMILES string of the molecule is COc1ccccc1CCNC(=O)C(C)(C)C(=O)N1CCN(C(C)=O)CC1. The van der Waals surface area contributed by atoms with Crippen molar-refractivity contribution >= 4 is 17.7 Å². The molecule has 0 bridgehead atoms. The number of ether oxygens (including phenoxy) is 1. The van der Waals surface area contributed by atoms with Crippen molar-refractivity contribution in [2.75, 3.05) is 39.8 Å². The van der Waals surface area contributed by atoms with Gasteiger partial charge in [-0.05, 0) is 31.9 Å². The number of nitrogens with zero attached hydrogens (tertiary/aromatic N) is 2. The van der Waals surface area contributed by atoms with E-state index in [0.29, 0.717) is 39.1 Å². The number of hydrogen-bond donors (Lipinski definition) is 1. The van der Waals surface area contributed by atoms with Crippen molar-refractivity contribution in [2.24, 2.45) is 5.41 Å². The molecule has 1 aromatic carbocycles. The Bertz CT molecular complexity index is 694. The highest BCUT2D eigenvalue weighted by molar-refractivity contribution is 6.04. The van der Waals surface area contributed by atoms with Crippen LogP contribution < -0.4 is 10.1 Å². The molecule has 27 heavy (non-hydrogen) atoms. The second-order valence-corrected chi connectivity index (χ2v) is 7.24. The molecule has 2 rings (SSSR count). The summed E-state index contributed by atoms with van der Waals surface area (Å²) in [6, 6.07) is 7.66. The van der Waals surface area contributed by atoms with E-state index in [0.717, 1.165) is 11.3 Å². The van der Waals surface area contributed by atoms with Gasteiger partial charge in [0.2, 0.25) is 17.7 Å². The molecule has 0 atom stereocenters. The van der Waals surface area contributed by atoms with Crippen LogP contribution in [0.3, 0.4) is 0 Å². The van der Waals surface area contributed by atoms with Crippen molar-refractivity contribution in [1.29, 1.82) is 0 Å². The minimum Gasteiger partial charge on any atom is -0.496 e. The molecule has 148 valence electrons. The lowest BCUT2D eigenvalue weighted by Crippen LogP contribution is -2.56. The smallest absolute Gasteiger partial charge is 0.237 e. The number of piperazine rings is 1. The third kappa shape index (κ3) is 4.99. The third-order valence-electron chi connectivity index (χ3n) is 4.99. The van der Waals surface area contributed by atoms with Gasteiger partial charge in [-0.1, -0.05) is 18.2 Å². The Morgan fingerprint density at radius 2 is 1.67 bits per heavy atom. The van der Waals surface area contributed by atoms with E-state index in [1.807, 2.05) is 24.3 Å². The molecule has 0 aromatic heterocycles. The largest absolute Gasteiger partial charge is 0.496 e. The number of hydrogen-bond acceptors (Lipinski definition) is 4. The zero-order valence-corrected chi connectivity index (χ0v) is 16.6. The number of para-hydroxylation sites is 1. The maximum absolute atomic E-state index is 12.8. The first-order valence-corrected chi connectivity index (χ1v) is 9.22. The second kappa shape index (κ2) is 8.88. The molecule has 1 N–H and O–H groups in total. The lowest BCUT2D eigenvalue weighted by Gasteiger charge is -2.37. The molecule has 1 heterocycles. The molecule has 0 aliphatic carbocycles. The first-order chi connectivity index (χ1) is 12.8. The molecular formula is C20H29N3O4. The number of benzene rings is 1. The van der Waals surface area contributed by atoms with E-state index in [1.165, 1.54) is 6.92 Å². The number of amides is 3. The van der Waals surface area contributed by atoms with Gasteiger partial charge < -0.3 is 19.9 Å². The molecule has 0 saturated carbocycles. The number of carbonyl (C=O) groups excluding carboxylic acids is 3. The minimum absolute atomic E-state index is 0.00967. The average molecular weight is 375 g/mol. The first-order valence-electron chi connectivity index (χ1n) is 9.22. The summed E-state index contributed by atoms with van der Waals surface area (Å²) in [6.07, 6.45) is 0.622. The Hall–Kier alpha value is -2.57. The summed E-state index contributed by atoms with van der Waals surface area (Å²) in [5.41, 5.74) is -0.149. The lowest BCUT2D eigenvalue weighted by atomic mass is 9.90. The molecule has 7 heteroatoms. The molecule has 1 aromatic rings. The fourth-order valence-electron chi connectivity index (χ4n) is 3.16. The molecule has 0 radical (unpaired) electrons. The molecule has 1 saturated heterocycles. The van der Waals surface area contributed by atoms with Gasteiger partial charge in [0.15, 0.2) is 0 Å². The van der Waals surface area contributed by atoms with Crippen LogP contribution in [0.5, 0.6) is 5.75 Å². The summed E-state index contributed by atoms with van der Waals surface area (Å²) in [4.78, 5) is 40.2. The van der Waals surface area contributed by atoms with E-state index < -0.39 is 5.41 Å². The van der Waals surface area contributed by atoms with Crippen LogP contribution in [0.15, 0.2) is 24.3 Å². The van der Waals surface area contributed by atoms with E-state index >= 15 is 0 Å². The Morgan fingerprint density at radius 1 is 1.07 bits per heavy atom. The second-order valence-electron chi connectivity index (χ2n) is 7.24. The summed E-state index contributed by atoms with van der Waals surface area (Å²) in [5, 5.41) is 2.86. The van der Waals surface area contributed by atoms with E-state index in [9.17, 15) is 14.4 Å². The minimum atomic E-state index is -1.15. The Balaban J connectivity index is 1.88. The standard InChI is InChI=1S/C20H29N3O4/c1-15(24)22-11-13-23(14-12-22)19(26)20(2,3)18(25)21-10-9-16-7-5-6-8-17(16)27-4/h5-8H,9-14H2,1-4H3,(H,21,25). The van der Waals surface area contributed by atoms with Crippen LogP contribution in [0.1, 0.15) is 26.3 Å². The van der Waals surface area contributed by atoms with Crippen LogP contribution in [0, 0.1) is 5.41 Å². The van der Waals surface area contributed by atoms with Crippen molar-refractivity contribution in [3.63, 3.8) is 0 Å². The predicted molar refractivity (Wildman–Crippen MR) is 102 cm³/mol. The highest BCUT2D eigenvalue weighted by Gasteiger charge is 2.40. The van der Waals surface area contributed by atoms with Gasteiger partial charge in [-0.15, -0.1) is 0 Å². The summed E-state index contributed by atoms with van der Waals surface area (Å²) in [7, 11) is 1.62. The Morgan fingerprint density at radius 3 is 2.26 bits per heavy atom. The maximum Gasteiger partial charge on any atom is 0.237 e. The maximum atomic E-state index is 12.8. The van der Waals surface area contributed by atoms with Gasteiger partial charge in [-0.2, -0.15) is 0 Å². The molecule has 0 unspecified atom stereocenters. The molecule has 7 nitrogen and oxygen atoms in total. The summed E-state index contributed by atoms with van der Waals surface area (Å²) in [6.45, 7) is 7.16. The van der Waals surface area contributed by atoms with Crippen LogP contribution in [-0.4, -0.2) is 67.4 Å². The van der Waals surface area contributed by atoms with E-state index in [-0.39, 0.29) is 17.7 Å². The third-order valence-corrected chi connectivity index (χ3v) is 4.99. The van der Waals surface area contributed by atoms with Crippen molar-refractivity contribution in [1.82, 2.24) is 15.1 Å². The predicted octanol–water partition coefficient (Wildman–Crippen LogP) is 1.07. The van der Waals surface area contributed by atoms with Gasteiger partial charge >= 0.3 is 0 Å². The molecule has 3 amide bonds. The van der Waals surface area contributed by atoms with Gasteiger partial charge in [0.1, 0.15) is 11.2 Å². The van der Waals surface area contributed by atoms with Crippen LogP contribution in [0.2, 0.25) is 0 Å². The van der Waals surface area contributed by atoms with Gasteiger partial charge in [0.05, 0.1) is 7.11 Å². The highest BCUT2D eigenvalue weighted by atomic mass is 16.5. The van der Waals surface area contributed by atoms with Gasteiger partial charge in [0, 0.05) is 39.6 Å². The number of carbonyl (C=O) groups is 3. The molecule has 1 aliphatic rings. The van der Waals surface area contributed by atoms with Crippen LogP contribution in [0.25, 0.3) is 0 Å². The molecular weight excluding hydrogens is 346 g/mol. The zero-order chi connectivity index (χ0) is 20.0. The summed E-state index contributed by atoms with van der Waals surface area (Å²) < 4.78 is 5.31. The van der Waals surface area contributed by atoms with E-state index in [1.54, 1.807) is 30.8 Å². The number of methoxy groups -OCH3 is 1. The van der Waals surface area contributed by atoms with E-state index in [2.05, 4.69) is 5.32 Å². The van der Waals surface area contributed by atoms with Gasteiger partial charge in [0.25, 0.3) is 0 Å². The normalized spacial score (nSPS) is 14.7. The van der Waals surface area contributed by atoms with Crippen LogP contribution in [0.4, 0.5) is 0 Å². The average Bonchev–Trinajstić information content (AvgIpc) is 2.67. The van der Waals surface area contributed by atoms with E-state index in [4.69, 9.17) is 4.74 Å². The summed E-state index contributed by atoms with van der Waals surface area (Å²) >= 11 is 0. The molecule has 0 spiro atoms. The fraction of sp³-hybridized carbons (Fsp3) is 0.550. The Labute approximate surface area is 160 Å². The van der Waals surface area contributed by atoms with Crippen molar-refractivity contribution in [3.8, 4) is 5.75 Å². The zero-order valence-electron chi connectivity index (χ0n) is 16.6. The van der Waals surface area contributed by atoms with Gasteiger partial charge in [-0.25, -0.2) is 0 Å². The molecule has 1 fully saturated rings. The number of nitrogens with one attached hydrogen (secondary N) is 1. The van der Waals surface area contributed by atoms with Crippen molar-refractivity contribution in [2.45, 2.75) is 27.2 Å². The molecule has 1 aliphatic heterocycles. The lowest BCUT2D eigenvalue weighted by molar-refractivity contribution is -0.151. The van der Waals surface area contributed by atoms with Crippen molar-refractivity contribution < 1.29 is 19.1 Å². The first kappa shape index (κ1) is 20.7. The topological polar surface area (TPSA) is 79.0 Å². The van der Waals surface area contributed by atoms with Crippen molar-refractivity contribution in [3.05, 3.63) is 29.8 Å². The number of rotatable bonds is 6. The fourth-order valence-corrected chi connectivity index (χ4v) is 3.16.